The van der Waals surface area contributed by atoms with E-state index in [0.717, 1.165) is 24.0 Å². The number of amides is 1. The summed E-state index contributed by atoms with van der Waals surface area (Å²) in [5, 5.41) is 6.85. The molecular formula is C11H14ClNOS. The van der Waals surface area contributed by atoms with Crippen LogP contribution < -0.4 is 5.32 Å². The minimum absolute atomic E-state index is 0.0325. The quantitative estimate of drug-likeness (QED) is 0.810. The summed E-state index contributed by atoms with van der Waals surface area (Å²) in [6.07, 6.45) is 2.28. The molecule has 0 radical (unpaired) electrons. The molecule has 0 aliphatic heterocycles. The van der Waals surface area contributed by atoms with Crippen molar-refractivity contribution in [3.05, 3.63) is 21.9 Å². The summed E-state index contributed by atoms with van der Waals surface area (Å²) in [6, 6.07) is 0. The van der Waals surface area contributed by atoms with Gasteiger partial charge in [0.25, 0.3) is 5.91 Å². The third-order valence-electron chi connectivity index (χ3n) is 2.96. The minimum atomic E-state index is 0.0325. The first kappa shape index (κ1) is 11.0. The highest BCUT2D eigenvalue weighted by Crippen LogP contribution is 2.45. The van der Waals surface area contributed by atoms with E-state index in [-0.39, 0.29) is 11.3 Å². The molecule has 0 saturated heterocycles. The summed E-state index contributed by atoms with van der Waals surface area (Å²) in [6.45, 7) is 2.67. The van der Waals surface area contributed by atoms with Gasteiger partial charge in [0, 0.05) is 23.2 Å². The molecule has 2 rings (SSSR count). The number of hydrogen-bond acceptors (Lipinski definition) is 2. The van der Waals surface area contributed by atoms with Gasteiger partial charge in [-0.25, -0.2) is 0 Å². The molecule has 0 spiro atoms. The molecule has 0 atom stereocenters. The smallest absolute Gasteiger partial charge is 0.252 e. The van der Waals surface area contributed by atoms with Crippen molar-refractivity contribution in [1.82, 2.24) is 5.32 Å². The van der Waals surface area contributed by atoms with Gasteiger partial charge in [-0.3, -0.25) is 4.79 Å². The van der Waals surface area contributed by atoms with Crippen LogP contribution in [-0.4, -0.2) is 18.3 Å². The maximum absolute atomic E-state index is 11.8. The van der Waals surface area contributed by atoms with Crippen LogP contribution in [0.2, 0.25) is 0 Å². The van der Waals surface area contributed by atoms with Gasteiger partial charge < -0.3 is 5.32 Å². The number of carbonyl (C=O) groups excluding carboxylic acids is 1. The Morgan fingerprint density at radius 3 is 2.80 bits per heavy atom. The molecule has 1 amide bonds. The Morgan fingerprint density at radius 1 is 1.60 bits per heavy atom. The zero-order chi connectivity index (χ0) is 10.9. The molecule has 1 aromatic rings. The third kappa shape index (κ3) is 2.34. The number of carbonyl (C=O) groups is 1. The Kier molecular flexibility index (Phi) is 3.03. The molecule has 1 aliphatic carbocycles. The van der Waals surface area contributed by atoms with Gasteiger partial charge >= 0.3 is 0 Å². The average Bonchev–Trinajstić information content (AvgIpc) is 2.91. The molecule has 4 heteroatoms. The molecule has 1 aromatic heterocycles. The Morgan fingerprint density at radius 2 is 2.33 bits per heavy atom. The Bertz CT molecular complexity index is 370. The van der Waals surface area contributed by atoms with E-state index in [1.807, 2.05) is 17.7 Å². The van der Waals surface area contributed by atoms with E-state index in [0.29, 0.717) is 12.4 Å². The molecule has 0 aromatic carbocycles. The van der Waals surface area contributed by atoms with Gasteiger partial charge in [0.05, 0.1) is 5.56 Å². The van der Waals surface area contributed by atoms with Crippen LogP contribution in [0, 0.1) is 12.3 Å². The van der Waals surface area contributed by atoms with Crippen molar-refractivity contribution in [1.29, 1.82) is 0 Å². The highest BCUT2D eigenvalue weighted by Gasteiger charge is 2.41. The predicted octanol–water partition coefficient (Wildman–Crippen LogP) is 2.81. The second kappa shape index (κ2) is 4.14. The lowest BCUT2D eigenvalue weighted by molar-refractivity contribution is 0.0946. The number of aryl methyl sites for hydroxylation is 1. The first-order valence-corrected chi connectivity index (χ1v) is 6.52. The van der Waals surface area contributed by atoms with Crippen LogP contribution in [0.25, 0.3) is 0 Å². The third-order valence-corrected chi connectivity index (χ3v) is 4.39. The van der Waals surface area contributed by atoms with E-state index >= 15 is 0 Å². The zero-order valence-electron chi connectivity index (χ0n) is 8.68. The van der Waals surface area contributed by atoms with Crippen LogP contribution in [0.4, 0.5) is 0 Å². The van der Waals surface area contributed by atoms with Crippen molar-refractivity contribution >= 4 is 28.8 Å². The van der Waals surface area contributed by atoms with Crippen molar-refractivity contribution in [2.45, 2.75) is 19.8 Å². The monoisotopic (exact) mass is 243 g/mol. The van der Waals surface area contributed by atoms with E-state index in [9.17, 15) is 4.79 Å². The summed E-state index contributed by atoms with van der Waals surface area (Å²) < 4.78 is 0. The van der Waals surface area contributed by atoms with Crippen molar-refractivity contribution in [2.24, 2.45) is 5.41 Å². The van der Waals surface area contributed by atoms with E-state index < -0.39 is 0 Å². The molecule has 2 nitrogen and oxygen atoms in total. The fraction of sp³-hybridized carbons (Fsp3) is 0.545. The summed E-state index contributed by atoms with van der Waals surface area (Å²) >= 11 is 7.41. The maximum Gasteiger partial charge on any atom is 0.252 e. The van der Waals surface area contributed by atoms with Crippen LogP contribution in [0.15, 0.2) is 10.8 Å². The lowest BCUT2D eigenvalue weighted by Gasteiger charge is -2.12. The lowest BCUT2D eigenvalue weighted by atomic mass is 10.1. The molecule has 1 aliphatic rings. The highest BCUT2D eigenvalue weighted by molar-refractivity contribution is 7.08. The second-order valence-corrected chi connectivity index (χ2v) is 5.30. The van der Waals surface area contributed by atoms with Crippen molar-refractivity contribution in [3.63, 3.8) is 0 Å². The van der Waals surface area contributed by atoms with Crippen LogP contribution >= 0.6 is 22.9 Å². The van der Waals surface area contributed by atoms with Crippen LogP contribution in [0.1, 0.15) is 28.8 Å². The average molecular weight is 244 g/mol. The Balaban J connectivity index is 1.91. The number of hydrogen-bond donors (Lipinski definition) is 1. The first-order chi connectivity index (χ1) is 7.17. The van der Waals surface area contributed by atoms with Crippen LogP contribution in [0.3, 0.4) is 0 Å². The topological polar surface area (TPSA) is 29.1 Å². The van der Waals surface area contributed by atoms with Crippen LogP contribution in [0.5, 0.6) is 0 Å². The second-order valence-electron chi connectivity index (χ2n) is 4.28. The summed E-state index contributed by atoms with van der Waals surface area (Å²) in [4.78, 5) is 11.8. The van der Waals surface area contributed by atoms with Crippen molar-refractivity contribution in [2.75, 3.05) is 12.4 Å². The summed E-state index contributed by atoms with van der Waals surface area (Å²) in [7, 11) is 0. The largest absolute Gasteiger partial charge is 0.351 e. The van der Waals surface area contributed by atoms with Gasteiger partial charge in [-0.05, 0) is 30.7 Å². The van der Waals surface area contributed by atoms with Gasteiger partial charge in [0.1, 0.15) is 0 Å². The van der Waals surface area contributed by atoms with E-state index in [4.69, 9.17) is 11.6 Å². The Hall–Kier alpha value is -0.540. The van der Waals surface area contributed by atoms with Crippen LogP contribution in [-0.2, 0) is 0 Å². The fourth-order valence-corrected chi connectivity index (χ4v) is 2.68. The number of halogens is 1. The molecule has 1 N–H and O–H groups in total. The van der Waals surface area contributed by atoms with Gasteiger partial charge in [0.2, 0.25) is 0 Å². The Labute approximate surface area is 98.6 Å². The normalized spacial score (nSPS) is 17.5. The molecule has 0 unspecified atom stereocenters. The molecular weight excluding hydrogens is 230 g/mol. The summed E-state index contributed by atoms with van der Waals surface area (Å²) in [5.74, 6) is 0.681. The molecule has 15 heavy (non-hydrogen) atoms. The lowest BCUT2D eigenvalue weighted by Crippen LogP contribution is -2.31. The van der Waals surface area contributed by atoms with Gasteiger partial charge in [0.15, 0.2) is 0 Å². The molecule has 0 bridgehead atoms. The molecule has 1 fully saturated rings. The molecule has 1 saturated carbocycles. The van der Waals surface area contributed by atoms with Crippen molar-refractivity contribution in [3.8, 4) is 0 Å². The molecule has 82 valence electrons. The standard InChI is InChI=1S/C11H14ClNOS/c1-8-4-15-5-9(8)10(14)13-7-11(6-12)2-3-11/h4-5H,2-3,6-7H2,1H3,(H,13,14). The van der Waals surface area contributed by atoms with Crippen molar-refractivity contribution < 1.29 is 4.79 Å². The van der Waals surface area contributed by atoms with Gasteiger partial charge in [-0.15, -0.1) is 11.6 Å². The SMILES string of the molecule is Cc1cscc1C(=O)NCC1(CCl)CC1. The zero-order valence-corrected chi connectivity index (χ0v) is 10.3. The van der Waals surface area contributed by atoms with E-state index in [1.54, 1.807) is 11.3 Å². The minimum Gasteiger partial charge on any atom is -0.351 e. The predicted molar refractivity (Wildman–Crippen MR) is 63.8 cm³/mol. The van der Waals surface area contributed by atoms with E-state index in [1.165, 1.54) is 0 Å². The van der Waals surface area contributed by atoms with Gasteiger partial charge in [-0.1, -0.05) is 0 Å². The molecule has 1 heterocycles. The number of alkyl halides is 1. The fourth-order valence-electron chi connectivity index (χ4n) is 1.49. The highest BCUT2D eigenvalue weighted by atomic mass is 35.5. The van der Waals surface area contributed by atoms with E-state index in [2.05, 4.69) is 5.32 Å². The van der Waals surface area contributed by atoms with Gasteiger partial charge in [-0.2, -0.15) is 11.3 Å². The maximum atomic E-state index is 11.8. The number of nitrogens with one attached hydrogen (secondary N) is 1. The number of thiophene rings is 1. The number of rotatable bonds is 4. The summed E-state index contributed by atoms with van der Waals surface area (Å²) in [5.41, 5.74) is 2.04. The first-order valence-electron chi connectivity index (χ1n) is 5.04.